The monoisotopic (exact) mass is 390 g/mol. The van der Waals surface area contributed by atoms with Gasteiger partial charge in [0.25, 0.3) is 0 Å². The summed E-state index contributed by atoms with van der Waals surface area (Å²) in [5.74, 6) is -2.46. The van der Waals surface area contributed by atoms with E-state index in [0.29, 0.717) is 0 Å². The van der Waals surface area contributed by atoms with Crippen LogP contribution in [0.1, 0.15) is 26.2 Å². The molecule has 7 nitrogen and oxygen atoms in total. The van der Waals surface area contributed by atoms with Crippen molar-refractivity contribution in [2.45, 2.75) is 38.4 Å². The van der Waals surface area contributed by atoms with Crippen LogP contribution in [0.15, 0.2) is 30.3 Å². The Labute approximate surface area is 154 Å². The van der Waals surface area contributed by atoms with Crippen molar-refractivity contribution in [1.29, 1.82) is 0 Å². The fourth-order valence-corrected chi connectivity index (χ4v) is 2.02. The van der Waals surface area contributed by atoms with E-state index in [1.54, 1.807) is 42.6 Å². The lowest BCUT2D eigenvalue weighted by molar-refractivity contribution is -0.173. The van der Waals surface area contributed by atoms with Crippen molar-refractivity contribution in [2.75, 3.05) is 13.2 Å². The second-order valence-electron chi connectivity index (χ2n) is 5.40. The number of para-hydroxylation sites is 1. The summed E-state index contributed by atoms with van der Waals surface area (Å²) in [4.78, 5) is 34.5. The average molecular weight is 390 g/mol. The highest BCUT2D eigenvalue weighted by Crippen LogP contribution is 2.14. The van der Waals surface area contributed by atoms with Crippen LogP contribution in [0.5, 0.6) is 5.75 Å². The smallest absolute Gasteiger partial charge is 0.450 e. The molecule has 1 rings (SSSR count). The Bertz CT molecular complexity index is 623. The van der Waals surface area contributed by atoms with Crippen LogP contribution in [0.25, 0.3) is 0 Å². The third kappa shape index (κ3) is 8.93. The van der Waals surface area contributed by atoms with E-state index in [-0.39, 0.29) is 38.2 Å². The number of carbonyl (C=O) groups is 3. The number of ether oxygens (including phenoxy) is 2. The number of hydrogen-bond acceptors (Lipinski definition) is 5. The number of amides is 2. The van der Waals surface area contributed by atoms with Gasteiger partial charge in [0.1, 0.15) is 11.8 Å². The molecule has 0 heterocycles. The molecule has 2 amide bonds. The molecule has 2 N–H and O–H groups in total. The molecule has 0 unspecified atom stereocenters. The molecule has 0 aliphatic carbocycles. The zero-order valence-electron chi connectivity index (χ0n) is 14.7. The highest BCUT2D eigenvalue weighted by atomic mass is 19.4. The van der Waals surface area contributed by atoms with Crippen LogP contribution in [0.3, 0.4) is 0 Å². The lowest BCUT2D eigenvalue weighted by atomic mass is 10.1. The number of carbonyl (C=O) groups excluding carboxylic acids is 3. The number of unbranched alkanes of at least 4 members (excludes halogenated alkanes) is 1. The first-order valence-electron chi connectivity index (χ1n) is 8.29. The summed E-state index contributed by atoms with van der Waals surface area (Å²) in [6.45, 7) is 1.49. The summed E-state index contributed by atoms with van der Waals surface area (Å²) >= 11 is 0. The van der Waals surface area contributed by atoms with E-state index < -0.39 is 30.2 Å². The number of alkyl halides is 3. The van der Waals surface area contributed by atoms with Gasteiger partial charge in [-0.05, 0) is 38.3 Å². The van der Waals surface area contributed by atoms with Crippen molar-refractivity contribution in [3.63, 3.8) is 0 Å². The molecule has 0 spiro atoms. The average Bonchev–Trinajstić information content (AvgIpc) is 2.60. The van der Waals surface area contributed by atoms with E-state index >= 15 is 0 Å². The topological polar surface area (TPSA) is 93.7 Å². The van der Waals surface area contributed by atoms with E-state index in [4.69, 9.17) is 9.47 Å². The summed E-state index contributed by atoms with van der Waals surface area (Å²) in [5, 5.41) is 4.09. The Morgan fingerprint density at radius 1 is 1.11 bits per heavy atom. The van der Waals surface area contributed by atoms with E-state index in [1.807, 2.05) is 0 Å². The van der Waals surface area contributed by atoms with Crippen LogP contribution in [0.2, 0.25) is 0 Å². The maximum absolute atomic E-state index is 12.2. The van der Waals surface area contributed by atoms with Crippen LogP contribution < -0.4 is 15.4 Å². The van der Waals surface area contributed by atoms with Crippen molar-refractivity contribution in [3.05, 3.63) is 30.3 Å². The molecule has 1 aromatic rings. The molecule has 0 radical (unpaired) electrons. The molecule has 150 valence electrons. The van der Waals surface area contributed by atoms with Crippen molar-refractivity contribution < 1.29 is 37.0 Å². The van der Waals surface area contributed by atoms with E-state index in [1.165, 1.54) is 0 Å². The SMILES string of the molecule is CCOC(=O)N[C@@H](CCCCNC(=O)C(F)(F)F)C(=O)Oc1ccccc1. The Kier molecular flexibility index (Phi) is 9.11. The molecule has 0 fully saturated rings. The number of hydrogen-bond donors (Lipinski definition) is 2. The van der Waals surface area contributed by atoms with Gasteiger partial charge in [-0.25, -0.2) is 9.59 Å². The first-order chi connectivity index (χ1) is 12.7. The summed E-state index contributed by atoms with van der Waals surface area (Å²) < 4.78 is 46.1. The van der Waals surface area contributed by atoms with Gasteiger partial charge >= 0.3 is 24.1 Å². The minimum Gasteiger partial charge on any atom is -0.450 e. The first kappa shape index (κ1) is 22.3. The van der Waals surface area contributed by atoms with Gasteiger partial charge in [0.05, 0.1) is 6.61 Å². The Hall–Kier alpha value is -2.78. The third-order valence-electron chi connectivity index (χ3n) is 3.28. The standard InChI is InChI=1S/C17H21F3N2O5/c1-2-26-16(25)22-13(14(23)27-12-8-4-3-5-9-12)10-6-7-11-21-15(24)17(18,19)20/h3-5,8-9,13H,2,6-7,10-11H2,1H3,(H,21,24)(H,22,25)/t13-/m0/s1. The maximum Gasteiger partial charge on any atom is 0.471 e. The van der Waals surface area contributed by atoms with Crippen molar-refractivity contribution in [1.82, 2.24) is 10.6 Å². The highest BCUT2D eigenvalue weighted by molar-refractivity contribution is 5.83. The quantitative estimate of drug-likeness (QED) is 0.384. The molecule has 0 aliphatic heterocycles. The Morgan fingerprint density at radius 2 is 1.78 bits per heavy atom. The van der Waals surface area contributed by atoms with Crippen LogP contribution in [0, 0.1) is 0 Å². The lowest BCUT2D eigenvalue weighted by Crippen LogP contribution is -2.43. The predicted molar refractivity (Wildman–Crippen MR) is 88.9 cm³/mol. The Balaban J connectivity index is 2.52. The van der Waals surface area contributed by atoms with Gasteiger partial charge in [0.2, 0.25) is 0 Å². The van der Waals surface area contributed by atoms with E-state index in [9.17, 15) is 27.6 Å². The number of halogens is 3. The number of alkyl carbamates (subject to hydrolysis) is 1. The molecular weight excluding hydrogens is 369 g/mol. The molecule has 0 aliphatic rings. The molecule has 27 heavy (non-hydrogen) atoms. The lowest BCUT2D eigenvalue weighted by Gasteiger charge is -2.17. The van der Waals surface area contributed by atoms with Crippen molar-refractivity contribution in [2.24, 2.45) is 0 Å². The normalized spacial score (nSPS) is 12.0. The van der Waals surface area contributed by atoms with Gasteiger partial charge in [-0.1, -0.05) is 18.2 Å². The fraction of sp³-hybridized carbons (Fsp3) is 0.471. The van der Waals surface area contributed by atoms with Crippen LogP contribution in [0.4, 0.5) is 18.0 Å². The van der Waals surface area contributed by atoms with Crippen molar-refractivity contribution >= 4 is 18.0 Å². The number of benzene rings is 1. The summed E-state index contributed by atoms with van der Waals surface area (Å²) in [5.41, 5.74) is 0. The number of rotatable bonds is 9. The summed E-state index contributed by atoms with van der Waals surface area (Å²) in [7, 11) is 0. The molecule has 0 saturated carbocycles. The maximum atomic E-state index is 12.2. The van der Waals surface area contributed by atoms with Crippen LogP contribution in [-0.4, -0.2) is 43.3 Å². The zero-order chi connectivity index (χ0) is 20.3. The van der Waals surface area contributed by atoms with Gasteiger partial charge in [0, 0.05) is 6.54 Å². The molecule has 1 atom stereocenters. The van der Waals surface area contributed by atoms with Crippen LogP contribution >= 0.6 is 0 Å². The van der Waals surface area contributed by atoms with Gasteiger partial charge in [-0.2, -0.15) is 13.2 Å². The largest absolute Gasteiger partial charge is 0.471 e. The number of esters is 1. The van der Waals surface area contributed by atoms with Gasteiger partial charge < -0.3 is 20.1 Å². The summed E-state index contributed by atoms with van der Waals surface area (Å²) in [6.07, 6.45) is -5.20. The molecule has 0 saturated heterocycles. The second-order valence-corrected chi connectivity index (χ2v) is 5.40. The highest BCUT2D eigenvalue weighted by Gasteiger charge is 2.38. The molecule has 0 bridgehead atoms. The van der Waals surface area contributed by atoms with E-state index in [0.717, 1.165) is 0 Å². The molecule has 1 aromatic carbocycles. The van der Waals surface area contributed by atoms with Gasteiger partial charge in [-0.3, -0.25) is 4.79 Å². The summed E-state index contributed by atoms with van der Waals surface area (Å²) in [6, 6.07) is 7.15. The second kappa shape index (κ2) is 11.0. The third-order valence-corrected chi connectivity index (χ3v) is 3.28. The predicted octanol–water partition coefficient (Wildman–Crippen LogP) is 2.56. The van der Waals surface area contributed by atoms with Crippen molar-refractivity contribution in [3.8, 4) is 5.75 Å². The first-order valence-corrected chi connectivity index (χ1v) is 8.29. The molecular formula is C17H21F3N2O5. The van der Waals surface area contributed by atoms with Gasteiger partial charge in [-0.15, -0.1) is 0 Å². The fourth-order valence-electron chi connectivity index (χ4n) is 2.02. The van der Waals surface area contributed by atoms with Crippen LogP contribution in [-0.2, 0) is 14.3 Å². The van der Waals surface area contributed by atoms with E-state index in [2.05, 4.69) is 5.32 Å². The number of nitrogens with one attached hydrogen (secondary N) is 2. The van der Waals surface area contributed by atoms with Gasteiger partial charge in [0.15, 0.2) is 0 Å². The minimum atomic E-state index is -4.94. The minimum absolute atomic E-state index is 0.104. The zero-order valence-corrected chi connectivity index (χ0v) is 14.7. The molecule has 0 aromatic heterocycles. The molecule has 10 heteroatoms. The Morgan fingerprint density at radius 3 is 2.37 bits per heavy atom.